The largest absolute Gasteiger partial charge is 0.0616 e. The van der Waals surface area contributed by atoms with E-state index in [9.17, 15) is 0 Å². The standard InChI is InChI=1S/C51H34/c1-51(2)49-29-37(39-13-7-15-41-43(39)21-17-35-25-31-9-3-5-11-33(31)27-47(35)41)19-23-45(49)46-24-20-38(30-50(46)51)40-14-8-16-42-44(40)22-18-36-26-32-10-4-6-12-34(32)28-48(36)42/h3-30H,1-2H3. The van der Waals surface area contributed by atoms with Gasteiger partial charge < -0.3 is 0 Å². The minimum absolute atomic E-state index is 0.136. The molecule has 0 bridgehead atoms. The molecule has 10 aromatic rings. The van der Waals surface area contributed by atoms with Gasteiger partial charge in [-0.25, -0.2) is 0 Å². The Morgan fingerprint density at radius 1 is 0.275 bits per heavy atom. The third-order valence-electron chi connectivity index (χ3n) is 11.8. The van der Waals surface area contributed by atoms with Crippen molar-refractivity contribution in [2.75, 3.05) is 0 Å². The van der Waals surface area contributed by atoms with Crippen LogP contribution in [0.3, 0.4) is 0 Å². The first-order valence-corrected chi connectivity index (χ1v) is 18.0. The smallest absolute Gasteiger partial charge is 0.0159 e. The van der Waals surface area contributed by atoms with Crippen LogP contribution in [0.15, 0.2) is 170 Å². The van der Waals surface area contributed by atoms with Gasteiger partial charge in [-0.3, -0.25) is 0 Å². The van der Waals surface area contributed by atoms with Gasteiger partial charge in [0.1, 0.15) is 0 Å². The van der Waals surface area contributed by atoms with Crippen LogP contribution in [0.2, 0.25) is 0 Å². The number of hydrogen-bond acceptors (Lipinski definition) is 0. The zero-order valence-electron chi connectivity index (χ0n) is 28.7. The molecule has 11 rings (SSSR count). The molecule has 1 aliphatic carbocycles. The van der Waals surface area contributed by atoms with Gasteiger partial charge in [-0.15, -0.1) is 0 Å². The first-order chi connectivity index (χ1) is 25.0. The van der Waals surface area contributed by atoms with E-state index in [1.807, 2.05) is 0 Å². The fourth-order valence-corrected chi connectivity index (χ4v) is 9.14. The van der Waals surface area contributed by atoms with Crippen LogP contribution in [-0.4, -0.2) is 0 Å². The van der Waals surface area contributed by atoms with E-state index in [2.05, 4.69) is 184 Å². The number of hydrogen-bond donors (Lipinski definition) is 0. The molecule has 0 heteroatoms. The average Bonchev–Trinajstić information content (AvgIpc) is 3.40. The second kappa shape index (κ2) is 10.4. The zero-order chi connectivity index (χ0) is 33.8. The highest BCUT2D eigenvalue weighted by Gasteiger charge is 2.36. The van der Waals surface area contributed by atoms with Gasteiger partial charge in [0.05, 0.1) is 0 Å². The highest BCUT2D eigenvalue weighted by Crippen LogP contribution is 2.51. The molecule has 0 heterocycles. The Morgan fingerprint density at radius 3 is 1.16 bits per heavy atom. The predicted molar refractivity (Wildman–Crippen MR) is 220 cm³/mol. The summed E-state index contributed by atoms with van der Waals surface area (Å²) in [6, 6.07) is 63.8. The van der Waals surface area contributed by atoms with Crippen LogP contribution in [0.4, 0.5) is 0 Å². The van der Waals surface area contributed by atoms with E-state index in [1.165, 1.54) is 109 Å². The molecule has 0 unspecified atom stereocenters. The number of fused-ring (bicyclic) bond motifs is 11. The highest BCUT2D eigenvalue weighted by atomic mass is 14.4. The fourth-order valence-electron chi connectivity index (χ4n) is 9.14. The molecule has 1 aliphatic rings. The molecule has 238 valence electrons. The summed E-state index contributed by atoms with van der Waals surface area (Å²) in [6.45, 7) is 4.79. The van der Waals surface area contributed by atoms with E-state index < -0.39 is 0 Å². The van der Waals surface area contributed by atoms with Crippen molar-refractivity contribution < 1.29 is 0 Å². The minimum atomic E-state index is -0.136. The van der Waals surface area contributed by atoms with E-state index in [1.54, 1.807) is 0 Å². The third kappa shape index (κ3) is 4.14. The third-order valence-corrected chi connectivity index (χ3v) is 11.8. The molecule has 51 heavy (non-hydrogen) atoms. The Kier molecular flexibility index (Phi) is 5.82. The second-order valence-corrected chi connectivity index (χ2v) is 14.9. The Hall–Kier alpha value is -6.24. The van der Waals surface area contributed by atoms with Gasteiger partial charge >= 0.3 is 0 Å². The SMILES string of the molecule is CC1(C)c2cc(-c3cccc4c3ccc3cc5ccccc5cc34)ccc2-c2ccc(-c3cccc4c3ccc3cc5ccccc5cc34)cc21. The van der Waals surface area contributed by atoms with E-state index in [4.69, 9.17) is 0 Å². The van der Waals surface area contributed by atoms with Crippen molar-refractivity contribution >= 4 is 64.6 Å². The Bertz CT molecular complexity index is 2890. The van der Waals surface area contributed by atoms with Crippen molar-refractivity contribution in [1.82, 2.24) is 0 Å². The van der Waals surface area contributed by atoms with Gasteiger partial charge in [0.2, 0.25) is 0 Å². The van der Waals surface area contributed by atoms with E-state index >= 15 is 0 Å². The van der Waals surface area contributed by atoms with Crippen molar-refractivity contribution in [2.24, 2.45) is 0 Å². The number of rotatable bonds is 2. The van der Waals surface area contributed by atoms with Crippen LogP contribution < -0.4 is 0 Å². The average molecular weight is 647 g/mol. The normalized spacial score (nSPS) is 13.5. The lowest BCUT2D eigenvalue weighted by Gasteiger charge is -2.23. The molecule has 0 atom stereocenters. The molecule has 0 saturated heterocycles. The Morgan fingerprint density at radius 2 is 0.706 bits per heavy atom. The molecule has 0 nitrogen and oxygen atoms in total. The zero-order valence-corrected chi connectivity index (χ0v) is 28.7. The lowest BCUT2D eigenvalue weighted by molar-refractivity contribution is 0.661. The van der Waals surface area contributed by atoms with Gasteiger partial charge in [0.15, 0.2) is 0 Å². The summed E-state index contributed by atoms with van der Waals surface area (Å²) in [5, 5.41) is 15.5. The van der Waals surface area contributed by atoms with Crippen molar-refractivity contribution in [2.45, 2.75) is 19.3 Å². The van der Waals surface area contributed by atoms with Crippen LogP contribution in [0, 0.1) is 0 Å². The summed E-state index contributed by atoms with van der Waals surface area (Å²) in [5.41, 5.74) is 10.5. The monoisotopic (exact) mass is 646 g/mol. The fraction of sp³-hybridized carbons (Fsp3) is 0.0588. The van der Waals surface area contributed by atoms with Gasteiger partial charge in [-0.2, -0.15) is 0 Å². The van der Waals surface area contributed by atoms with Crippen LogP contribution >= 0.6 is 0 Å². The minimum Gasteiger partial charge on any atom is -0.0616 e. The van der Waals surface area contributed by atoms with Crippen molar-refractivity contribution in [3.8, 4) is 33.4 Å². The van der Waals surface area contributed by atoms with Crippen LogP contribution in [-0.2, 0) is 5.41 Å². The Labute approximate surface area is 297 Å². The summed E-state index contributed by atoms with van der Waals surface area (Å²) in [6.07, 6.45) is 0. The molecule has 0 aliphatic heterocycles. The molecular weight excluding hydrogens is 613 g/mol. The summed E-state index contributed by atoms with van der Waals surface area (Å²) >= 11 is 0. The van der Waals surface area contributed by atoms with E-state index in [0.717, 1.165) is 0 Å². The van der Waals surface area contributed by atoms with Crippen LogP contribution in [0.1, 0.15) is 25.0 Å². The van der Waals surface area contributed by atoms with Crippen molar-refractivity contribution in [3.05, 3.63) is 181 Å². The van der Waals surface area contributed by atoms with Gasteiger partial charge in [0, 0.05) is 5.41 Å². The van der Waals surface area contributed by atoms with E-state index in [-0.39, 0.29) is 5.41 Å². The summed E-state index contributed by atoms with van der Waals surface area (Å²) in [5.74, 6) is 0. The molecule has 0 radical (unpaired) electrons. The molecule has 0 aromatic heterocycles. The number of benzene rings is 10. The maximum atomic E-state index is 2.46. The molecule has 0 fully saturated rings. The highest BCUT2D eigenvalue weighted by molar-refractivity contribution is 6.16. The predicted octanol–water partition coefficient (Wildman–Crippen LogP) is 14.2. The van der Waals surface area contributed by atoms with Gasteiger partial charge in [0.25, 0.3) is 0 Å². The van der Waals surface area contributed by atoms with Crippen LogP contribution in [0.25, 0.3) is 98.0 Å². The maximum Gasteiger partial charge on any atom is 0.0159 e. The summed E-state index contributed by atoms with van der Waals surface area (Å²) in [7, 11) is 0. The van der Waals surface area contributed by atoms with Crippen molar-refractivity contribution in [3.63, 3.8) is 0 Å². The summed E-state index contributed by atoms with van der Waals surface area (Å²) in [4.78, 5) is 0. The molecule has 0 amide bonds. The molecule has 10 aromatic carbocycles. The van der Waals surface area contributed by atoms with Gasteiger partial charge in [-0.05, 0) is 146 Å². The van der Waals surface area contributed by atoms with Crippen LogP contribution in [0.5, 0.6) is 0 Å². The molecule has 0 spiro atoms. The summed E-state index contributed by atoms with van der Waals surface area (Å²) < 4.78 is 0. The molecule has 0 saturated carbocycles. The maximum absolute atomic E-state index is 2.46. The quantitative estimate of drug-likeness (QED) is 0.129. The van der Waals surface area contributed by atoms with Gasteiger partial charge in [-0.1, -0.05) is 147 Å². The first-order valence-electron chi connectivity index (χ1n) is 18.0. The second-order valence-electron chi connectivity index (χ2n) is 14.9. The molecule has 0 N–H and O–H groups in total. The topological polar surface area (TPSA) is 0 Å². The Balaban J connectivity index is 1.03. The lowest BCUT2D eigenvalue weighted by atomic mass is 9.80. The lowest BCUT2D eigenvalue weighted by Crippen LogP contribution is -2.15. The first kappa shape index (κ1) is 28.6. The van der Waals surface area contributed by atoms with Crippen molar-refractivity contribution in [1.29, 1.82) is 0 Å². The van der Waals surface area contributed by atoms with E-state index in [0.29, 0.717) is 0 Å². The molecular formula is C51H34.